The maximum Gasteiger partial charge on any atom is 0.254 e. The molecule has 3 nitrogen and oxygen atoms in total. The number of amides is 1. The van der Waals surface area contributed by atoms with Crippen LogP contribution in [0.5, 0.6) is 0 Å². The summed E-state index contributed by atoms with van der Waals surface area (Å²) >= 11 is 0. The van der Waals surface area contributed by atoms with E-state index in [9.17, 15) is 4.79 Å². The summed E-state index contributed by atoms with van der Waals surface area (Å²) in [5, 5.41) is 1.03. The van der Waals surface area contributed by atoms with Crippen LogP contribution < -0.4 is 0 Å². The zero-order valence-electron chi connectivity index (χ0n) is 12.5. The fourth-order valence-corrected chi connectivity index (χ4v) is 4.51. The maximum absolute atomic E-state index is 12.8. The molecule has 3 atom stereocenters. The highest BCUT2D eigenvalue weighted by Gasteiger charge is 2.40. The van der Waals surface area contributed by atoms with E-state index in [4.69, 9.17) is 0 Å². The first-order valence-electron chi connectivity index (χ1n) is 8.04. The number of carbonyl (C=O) groups excluding carboxylic acids is 1. The lowest BCUT2D eigenvalue weighted by Crippen LogP contribution is -2.33. The van der Waals surface area contributed by atoms with E-state index in [-0.39, 0.29) is 5.91 Å². The number of H-pyrrole nitrogens is 1. The topological polar surface area (TPSA) is 36.1 Å². The highest BCUT2D eigenvalue weighted by Crippen LogP contribution is 2.48. The second-order valence-electron chi connectivity index (χ2n) is 6.87. The number of hydrogen-bond acceptors (Lipinski definition) is 1. The molecule has 21 heavy (non-hydrogen) atoms. The molecule has 0 aliphatic heterocycles. The summed E-state index contributed by atoms with van der Waals surface area (Å²) in [6.45, 7) is 0.917. The molecule has 1 N–H and O–H groups in total. The molecule has 3 heteroatoms. The Bertz CT molecular complexity index is 675. The minimum Gasteiger partial charge on any atom is -0.361 e. The molecule has 2 saturated carbocycles. The quantitative estimate of drug-likeness (QED) is 0.916. The molecule has 1 amide bonds. The number of aromatic amines is 1. The molecular weight excluding hydrogens is 260 g/mol. The number of carbonyl (C=O) groups is 1. The number of benzene rings is 1. The maximum atomic E-state index is 12.8. The number of aromatic nitrogens is 1. The molecule has 2 aliphatic carbocycles. The van der Waals surface area contributed by atoms with Gasteiger partial charge in [-0.05, 0) is 55.2 Å². The highest BCUT2D eigenvalue weighted by molar-refractivity contribution is 6.06. The van der Waals surface area contributed by atoms with Crippen LogP contribution in [0.4, 0.5) is 0 Å². The van der Waals surface area contributed by atoms with Crippen LogP contribution in [-0.2, 0) is 0 Å². The van der Waals surface area contributed by atoms with Crippen LogP contribution in [0.15, 0.2) is 30.5 Å². The number of nitrogens with one attached hydrogen (secondary N) is 1. The molecule has 1 aromatic heterocycles. The van der Waals surface area contributed by atoms with Crippen molar-refractivity contribution in [2.24, 2.45) is 17.8 Å². The summed E-state index contributed by atoms with van der Waals surface area (Å²) in [7, 11) is 1.96. The molecule has 1 heterocycles. The van der Waals surface area contributed by atoms with Crippen molar-refractivity contribution in [3.05, 3.63) is 36.0 Å². The van der Waals surface area contributed by atoms with Gasteiger partial charge >= 0.3 is 0 Å². The Morgan fingerprint density at radius 3 is 2.95 bits per heavy atom. The summed E-state index contributed by atoms with van der Waals surface area (Å²) < 4.78 is 0. The third-order valence-electron chi connectivity index (χ3n) is 5.56. The van der Waals surface area contributed by atoms with Crippen molar-refractivity contribution in [3.63, 3.8) is 0 Å². The van der Waals surface area contributed by atoms with Gasteiger partial charge in [0.15, 0.2) is 0 Å². The van der Waals surface area contributed by atoms with Crippen molar-refractivity contribution in [2.45, 2.75) is 25.7 Å². The number of hydrogen-bond donors (Lipinski definition) is 1. The minimum absolute atomic E-state index is 0.156. The molecule has 3 unspecified atom stereocenters. The van der Waals surface area contributed by atoms with E-state index in [0.717, 1.165) is 40.8 Å². The van der Waals surface area contributed by atoms with Crippen molar-refractivity contribution in [3.8, 4) is 0 Å². The summed E-state index contributed by atoms with van der Waals surface area (Å²) in [6.07, 6.45) is 7.43. The minimum atomic E-state index is 0.156. The van der Waals surface area contributed by atoms with E-state index < -0.39 is 0 Å². The Balaban J connectivity index is 1.53. The van der Waals surface area contributed by atoms with E-state index in [0.29, 0.717) is 0 Å². The van der Waals surface area contributed by atoms with Crippen LogP contribution in [0, 0.1) is 17.8 Å². The molecule has 0 saturated heterocycles. The predicted molar refractivity (Wildman–Crippen MR) is 84.2 cm³/mol. The van der Waals surface area contributed by atoms with Crippen molar-refractivity contribution < 1.29 is 4.79 Å². The SMILES string of the molecule is CN(CC1CC2CCC1C2)C(=O)c1cccc2[nH]ccc12. The standard InChI is InChI=1S/C18H22N2O/c1-20(11-14-10-12-5-6-13(14)9-12)18(21)16-3-2-4-17-15(16)7-8-19-17/h2-4,7-8,12-14,19H,5-6,9-11H2,1H3. The first-order valence-corrected chi connectivity index (χ1v) is 8.04. The molecule has 2 bridgehead atoms. The second kappa shape index (κ2) is 4.90. The number of rotatable bonds is 3. The first-order chi connectivity index (χ1) is 10.2. The molecule has 0 spiro atoms. The van der Waals surface area contributed by atoms with Gasteiger partial charge in [-0.2, -0.15) is 0 Å². The van der Waals surface area contributed by atoms with Crippen molar-refractivity contribution >= 4 is 16.8 Å². The second-order valence-corrected chi connectivity index (χ2v) is 6.87. The summed E-state index contributed by atoms with van der Waals surface area (Å²) in [5.41, 5.74) is 1.86. The Kier molecular flexibility index (Phi) is 3.02. The van der Waals surface area contributed by atoms with E-state index in [1.54, 1.807) is 0 Å². The van der Waals surface area contributed by atoms with Crippen LogP contribution in [-0.4, -0.2) is 29.4 Å². The highest BCUT2D eigenvalue weighted by atomic mass is 16.2. The van der Waals surface area contributed by atoms with Crippen LogP contribution >= 0.6 is 0 Å². The molecule has 2 aromatic rings. The zero-order valence-corrected chi connectivity index (χ0v) is 12.5. The van der Waals surface area contributed by atoms with Crippen LogP contribution in [0.2, 0.25) is 0 Å². The summed E-state index contributed by atoms with van der Waals surface area (Å²) in [6, 6.07) is 7.91. The summed E-state index contributed by atoms with van der Waals surface area (Å²) in [5.74, 6) is 2.69. The molecule has 2 fully saturated rings. The van der Waals surface area contributed by atoms with E-state index >= 15 is 0 Å². The fraction of sp³-hybridized carbons (Fsp3) is 0.500. The zero-order chi connectivity index (χ0) is 14.4. The average molecular weight is 282 g/mol. The van der Waals surface area contributed by atoms with Gasteiger partial charge in [0, 0.05) is 36.3 Å². The molecular formula is C18H22N2O. The van der Waals surface area contributed by atoms with Crippen molar-refractivity contribution in [1.82, 2.24) is 9.88 Å². The Morgan fingerprint density at radius 2 is 2.19 bits per heavy atom. The Hall–Kier alpha value is -1.77. The lowest BCUT2D eigenvalue weighted by Gasteiger charge is -2.27. The van der Waals surface area contributed by atoms with Gasteiger partial charge in [-0.25, -0.2) is 0 Å². The number of fused-ring (bicyclic) bond motifs is 3. The van der Waals surface area contributed by atoms with Crippen LogP contribution in [0.3, 0.4) is 0 Å². The van der Waals surface area contributed by atoms with Crippen molar-refractivity contribution in [1.29, 1.82) is 0 Å². The normalized spacial score (nSPS) is 27.4. The van der Waals surface area contributed by atoms with E-state index in [2.05, 4.69) is 4.98 Å². The fourth-order valence-electron chi connectivity index (χ4n) is 4.51. The monoisotopic (exact) mass is 282 g/mol. The van der Waals surface area contributed by atoms with Gasteiger partial charge in [0.05, 0.1) is 0 Å². The van der Waals surface area contributed by atoms with Gasteiger partial charge in [0.1, 0.15) is 0 Å². The van der Waals surface area contributed by atoms with Gasteiger partial charge in [0.2, 0.25) is 0 Å². The van der Waals surface area contributed by atoms with Gasteiger partial charge in [-0.1, -0.05) is 12.5 Å². The molecule has 2 aliphatic rings. The number of nitrogens with zero attached hydrogens (tertiary/aromatic N) is 1. The lowest BCUT2D eigenvalue weighted by molar-refractivity contribution is 0.0756. The largest absolute Gasteiger partial charge is 0.361 e. The van der Waals surface area contributed by atoms with Gasteiger partial charge in [-0.15, -0.1) is 0 Å². The third kappa shape index (κ3) is 2.15. The molecule has 110 valence electrons. The smallest absolute Gasteiger partial charge is 0.254 e. The molecule has 0 radical (unpaired) electrons. The Labute approximate surface area is 125 Å². The van der Waals surface area contributed by atoms with Crippen LogP contribution in [0.25, 0.3) is 10.9 Å². The summed E-state index contributed by atoms with van der Waals surface area (Å²) in [4.78, 5) is 17.9. The first kappa shape index (κ1) is 12.9. The van der Waals surface area contributed by atoms with Gasteiger partial charge in [-0.3, -0.25) is 4.79 Å². The third-order valence-corrected chi connectivity index (χ3v) is 5.56. The van der Waals surface area contributed by atoms with Gasteiger partial charge in [0.25, 0.3) is 5.91 Å². The average Bonchev–Trinajstić information content (AvgIpc) is 3.21. The molecule has 1 aromatic carbocycles. The van der Waals surface area contributed by atoms with E-state index in [1.807, 2.05) is 42.4 Å². The predicted octanol–water partition coefficient (Wildman–Crippen LogP) is 3.68. The van der Waals surface area contributed by atoms with Crippen molar-refractivity contribution in [2.75, 3.05) is 13.6 Å². The molecule has 4 rings (SSSR count). The lowest BCUT2D eigenvalue weighted by atomic mass is 9.88. The van der Waals surface area contributed by atoms with E-state index in [1.165, 1.54) is 25.7 Å². The Morgan fingerprint density at radius 1 is 1.29 bits per heavy atom. The van der Waals surface area contributed by atoms with Crippen LogP contribution in [0.1, 0.15) is 36.0 Å². The van der Waals surface area contributed by atoms with Gasteiger partial charge < -0.3 is 9.88 Å².